The maximum Gasteiger partial charge on any atom is 0.316 e. The molecule has 3 heterocycles. The molecule has 2 aromatic heterocycles. The first-order chi connectivity index (χ1) is 21.9. The molecule has 11 nitrogen and oxygen atoms in total. The summed E-state index contributed by atoms with van der Waals surface area (Å²) in [4.78, 5) is 44.1. The molecule has 1 N–H and O–H groups in total. The van der Waals surface area contributed by atoms with E-state index in [4.69, 9.17) is 14.2 Å². The average molecular weight is 820 g/mol. The van der Waals surface area contributed by atoms with Gasteiger partial charge in [0.05, 0.1) is 67.1 Å². The minimum absolute atomic E-state index is 0. The second-order valence-electron chi connectivity index (χ2n) is 11.5. The van der Waals surface area contributed by atoms with Gasteiger partial charge < -0.3 is 19.5 Å². The second-order valence-corrected chi connectivity index (χ2v) is 13.2. The van der Waals surface area contributed by atoms with E-state index in [-0.39, 0.29) is 75.1 Å². The van der Waals surface area contributed by atoms with Crippen LogP contribution in [0.1, 0.15) is 36.8 Å². The number of anilines is 1. The first kappa shape index (κ1) is 35.2. The van der Waals surface area contributed by atoms with Crippen LogP contribution >= 0.6 is 31.9 Å². The van der Waals surface area contributed by atoms with Gasteiger partial charge in [-0.1, -0.05) is 0 Å². The summed E-state index contributed by atoms with van der Waals surface area (Å²) in [5, 5.41) is 15.6. The number of esters is 1. The molecule has 2 saturated carbocycles. The van der Waals surface area contributed by atoms with E-state index in [0.29, 0.717) is 28.2 Å². The maximum atomic E-state index is 13.8. The van der Waals surface area contributed by atoms with Crippen molar-refractivity contribution >= 4 is 76.9 Å². The van der Waals surface area contributed by atoms with Crippen LogP contribution in [0.5, 0.6) is 0 Å². The third-order valence-electron chi connectivity index (χ3n) is 9.18. The molecule has 248 valence electrons. The summed E-state index contributed by atoms with van der Waals surface area (Å²) in [6.07, 6.45) is 4.32. The van der Waals surface area contributed by atoms with E-state index in [0.717, 1.165) is 22.8 Å². The number of nitro groups is 1. The molecule has 3 aliphatic rings. The molecule has 0 atom stereocenters. The predicted octanol–water partition coefficient (Wildman–Crippen LogP) is 6.40. The largest absolute Gasteiger partial charge is 0.468 e. The molecule has 7 rings (SSSR count). The van der Waals surface area contributed by atoms with E-state index >= 15 is 0 Å². The number of nitrogens with zero attached hydrogens (tertiary/aromatic N) is 3. The van der Waals surface area contributed by atoms with Crippen LogP contribution < -0.4 is 5.32 Å². The van der Waals surface area contributed by atoms with Gasteiger partial charge in [-0.3, -0.25) is 24.7 Å². The Balaban J connectivity index is 0.000000183. The number of amides is 1. The fraction of sp³-hybridized carbons (Fsp3) is 0.355. The Morgan fingerprint density at radius 2 is 1.43 bits per heavy atom. The van der Waals surface area contributed by atoms with Crippen LogP contribution in [0.3, 0.4) is 0 Å². The minimum Gasteiger partial charge on any atom is -0.468 e. The maximum absolute atomic E-state index is 13.8. The summed E-state index contributed by atoms with van der Waals surface area (Å²) >= 11 is 6.29. The zero-order valence-corrected chi connectivity index (χ0v) is 29.3. The molecule has 2 fully saturated rings. The summed E-state index contributed by atoms with van der Waals surface area (Å²) in [5.41, 5.74) is 0.531. The molecule has 47 heavy (non-hydrogen) atoms. The Kier molecular flexibility index (Phi) is 9.77. The standard InChI is InChI=1S/C16H14BrFN2O5.C15H12BrFN2O2.Fe/c1-24-8-5-16(6-8,15(21)25-2)14-9-3-10(17)11(18)4-12(9)19-7-13(14)20(22)23;1-21-7-4-15(5-7)13-8-2-9(16)10(17)3-11(8)18-6-12(13)19-14(15)20;/h3-4,7-8H,5-6H2,1-2H3;2-3,6-7H,4-5H2,1H3,(H,19,20);. The monoisotopic (exact) mass is 818 g/mol. The van der Waals surface area contributed by atoms with Crippen LogP contribution in [0, 0.1) is 21.7 Å². The van der Waals surface area contributed by atoms with Gasteiger partial charge in [-0.2, -0.15) is 0 Å². The van der Waals surface area contributed by atoms with Crippen LogP contribution in [0.15, 0.2) is 45.6 Å². The first-order valence-corrected chi connectivity index (χ1v) is 15.6. The number of hydrogen-bond donors (Lipinski definition) is 1. The topological polar surface area (TPSA) is 143 Å². The number of nitrogens with one attached hydrogen (secondary N) is 1. The van der Waals surface area contributed by atoms with Gasteiger partial charge in [0.1, 0.15) is 23.2 Å². The number of fused-ring (bicyclic) bond motifs is 5. The van der Waals surface area contributed by atoms with Gasteiger partial charge in [0, 0.05) is 59.8 Å². The minimum atomic E-state index is -1.23. The molecule has 2 aliphatic carbocycles. The number of ether oxygens (including phenoxy) is 3. The third kappa shape index (κ3) is 5.62. The van der Waals surface area contributed by atoms with Gasteiger partial charge in [0.15, 0.2) is 0 Å². The summed E-state index contributed by atoms with van der Waals surface area (Å²) in [5.74, 6) is -1.50. The Morgan fingerprint density at radius 1 is 0.915 bits per heavy atom. The quantitative estimate of drug-likeness (QED) is 0.105. The van der Waals surface area contributed by atoms with E-state index < -0.39 is 27.5 Å². The van der Waals surface area contributed by atoms with Gasteiger partial charge in [0.2, 0.25) is 5.91 Å². The van der Waals surface area contributed by atoms with E-state index in [1.54, 1.807) is 19.4 Å². The Bertz CT molecular complexity index is 1960. The second kappa shape index (κ2) is 13.1. The molecule has 1 aliphatic heterocycles. The molecule has 0 saturated heterocycles. The molecule has 0 radical (unpaired) electrons. The SMILES string of the molecule is COC(=O)C1(c2c([N+](=O)[O-])cnc3cc(F)c(Br)cc23)CC(OC)C1.COC1CC2(C1)C(=O)Nc1cnc3cc(F)c(Br)cc3c12.[Fe]. The van der Waals surface area contributed by atoms with Crippen molar-refractivity contribution in [1.82, 2.24) is 9.97 Å². The van der Waals surface area contributed by atoms with Crippen molar-refractivity contribution in [3.05, 3.63) is 78.5 Å². The molecule has 1 spiro atoms. The van der Waals surface area contributed by atoms with Gasteiger partial charge in [-0.15, -0.1) is 0 Å². The van der Waals surface area contributed by atoms with Crippen LogP contribution in [-0.2, 0) is 51.7 Å². The summed E-state index contributed by atoms with van der Waals surface area (Å²) < 4.78 is 43.5. The number of carbonyl (C=O) groups is 2. The number of hydrogen-bond acceptors (Lipinski definition) is 9. The van der Waals surface area contributed by atoms with Crippen molar-refractivity contribution in [2.45, 2.75) is 48.7 Å². The van der Waals surface area contributed by atoms with Crippen LogP contribution in [0.2, 0.25) is 0 Å². The molecule has 1 amide bonds. The van der Waals surface area contributed by atoms with Crippen LogP contribution in [0.4, 0.5) is 20.2 Å². The molecule has 4 aromatic rings. The van der Waals surface area contributed by atoms with Crippen molar-refractivity contribution in [3.8, 4) is 0 Å². The Hall–Kier alpha value is -3.14. The molecule has 16 heteroatoms. The smallest absolute Gasteiger partial charge is 0.316 e. The molecular weight excluding hydrogens is 794 g/mol. The van der Waals surface area contributed by atoms with Crippen molar-refractivity contribution in [1.29, 1.82) is 0 Å². The van der Waals surface area contributed by atoms with E-state index in [9.17, 15) is 28.5 Å². The Labute approximate surface area is 294 Å². The third-order valence-corrected chi connectivity index (χ3v) is 10.4. The molecule has 0 bridgehead atoms. The zero-order chi connectivity index (χ0) is 33.1. The number of rotatable bonds is 5. The fourth-order valence-electron chi connectivity index (χ4n) is 6.80. The van der Waals surface area contributed by atoms with E-state index in [2.05, 4.69) is 47.1 Å². The summed E-state index contributed by atoms with van der Waals surface area (Å²) in [6.45, 7) is 0. The number of methoxy groups -OCH3 is 3. The zero-order valence-electron chi connectivity index (χ0n) is 25.0. The number of halogens is 4. The van der Waals surface area contributed by atoms with Crippen LogP contribution in [-0.4, -0.2) is 60.3 Å². The fourth-order valence-corrected chi connectivity index (χ4v) is 7.48. The number of carbonyl (C=O) groups excluding carboxylic acids is 2. The van der Waals surface area contributed by atoms with Crippen molar-refractivity contribution < 1.29 is 54.6 Å². The summed E-state index contributed by atoms with van der Waals surface area (Å²) in [6, 6.07) is 5.68. The predicted molar refractivity (Wildman–Crippen MR) is 170 cm³/mol. The number of aromatic nitrogens is 2. The average Bonchev–Trinajstić information content (AvgIpc) is 3.29. The molecule has 2 aromatic carbocycles. The Morgan fingerprint density at radius 3 is 1.94 bits per heavy atom. The number of pyridine rings is 2. The van der Waals surface area contributed by atoms with Gasteiger partial charge in [0.25, 0.3) is 5.69 Å². The van der Waals surface area contributed by atoms with Crippen molar-refractivity contribution in [3.63, 3.8) is 0 Å². The molecular formula is C31H26Br2F2FeN4O7. The first-order valence-electron chi connectivity index (χ1n) is 14.1. The van der Waals surface area contributed by atoms with Gasteiger partial charge in [-0.05, 0) is 69.7 Å². The number of benzene rings is 2. The van der Waals surface area contributed by atoms with Gasteiger partial charge in [-0.25, -0.2) is 13.8 Å². The van der Waals surface area contributed by atoms with Gasteiger partial charge >= 0.3 is 5.97 Å². The molecule has 0 unspecified atom stereocenters. The van der Waals surface area contributed by atoms with E-state index in [1.165, 1.54) is 32.4 Å². The van der Waals surface area contributed by atoms with Crippen molar-refractivity contribution in [2.24, 2.45) is 0 Å². The normalized spacial score (nSPS) is 23.9. The van der Waals surface area contributed by atoms with Crippen molar-refractivity contribution in [2.75, 3.05) is 26.6 Å². The summed E-state index contributed by atoms with van der Waals surface area (Å²) in [7, 11) is 4.40. The van der Waals surface area contributed by atoms with E-state index in [1.807, 2.05) is 0 Å². The van der Waals surface area contributed by atoms with Crippen LogP contribution in [0.25, 0.3) is 21.8 Å².